The van der Waals surface area contributed by atoms with E-state index in [1.807, 2.05) is 11.0 Å². The maximum atomic E-state index is 13.0. The summed E-state index contributed by atoms with van der Waals surface area (Å²) in [6.07, 6.45) is 5.55. The van der Waals surface area contributed by atoms with Crippen molar-refractivity contribution in [1.29, 1.82) is 0 Å². The van der Waals surface area contributed by atoms with Gasteiger partial charge in [-0.15, -0.1) is 0 Å². The summed E-state index contributed by atoms with van der Waals surface area (Å²) in [7, 11) is 0. The Balaban J connectivity index is 1.61. The Morgan fingerprint density at radius 2 is 2.12 bits per heavy atom. The van der Waals surface area contributed by atoms with Crippen LogP contribution in [0.2, 0.25) is 0 Å². The van der Waals surface area contributed by atoms with Gasteiger partial charge in [0.15, 0.2) is 5.58 Å². The van der Waals surface area contributed by atoms with E-state index in [2.05, 4.69) is 4.98 Å². The number of carbonyl (C=O) groups excluding carboxylic acids is 2. The number of ketones is 1. The first-order chi connectivity index (χ1) is 11.6. The van der Waals surface area contributed by atoms with Crippen molar-refractivity contribution in [1.82, 2.24) is 9.88 Å². The number of hydrogen-bond donors (Lipinski definition) is 1. The first-order valence-electron chi connectivity index (χ1n) is 8.60. The molecule has 2 atom stereocenters. The highest BCUT2D eigenvalue weighted by Gasteiger charge is 2.39. The van der Waals surface area contributed by atoms with Crippen molar-refractivity contribution in [2.24, 2.45) is 5.92 Å². The van der Waals surface area contributed by atoms with Crippen LogP contribution in [0.4, 0.5) is 0 Å². The highest BCUT2D eigenvalue weighted by atomic mass is 32.1. The number of hydrogen-bond acceptors (Lipinski definition) is 4. The van der Waals surface area contributed by atoms with E-state index in [-0.39, 0.29) is 17.9 Å². The Morgan fingerprint density at radius 1 is 1.25 bits per heavy atom. The summed E-state index contributed by atoms with van der Waals surface area (Å²) in [4.78, 5) is 30.4. The smallest absolute Gasteiger partial charge is 0.266 e. The number of Topliss-reactive ketones (excluding diaryl/α,β-unsaturated/α-hetero) is 1. The Morgan fingerprint density at radius 3 is 2.96 bits per heavy atom. The lowest BCUT2D eigenvalue weighted by molar-refractivity contribution is -0.126. The third-order valence-corrected chi connectivity index (χ3v) is 5.48. The van der Waals surface area contributed by atoms with Gasteiger partial charge in [-0.05, 0) is 56.1 Å². The van der Waals surface area contributed by atoms with Crippen LogP contribution in [-0.4, -0.2) is 34.2 Å². The second-order valence-corrected chi connectivity index (χ2v) is 7.12. The van der Waals surface area contributed by atoms with Crippen LogP contribution in [0.15, 0.2) is 22.6 Å². The molecule has 1 saturated carbocycles. The number of oxazole rings is 1. The van der Waals surface area contributed by atoms with Crippen LogP contribution in [0.1, 0.15) is 48.9 Å². The number of nitrogens with one attached hydrogen (secondary N) is 1. The first-order valence-corrected chi connectivity index (χ1v) is 9.01. The van der Waals surface area contributed by atoms with E-state index in [1.54, 1.807) is 12.1 Å². The molecule has 0 bridgehead atoms. The summed E-state index contributed by atoms with van der Waals surface area (Å²) >= 11 is 4.99. The fourth-order valence-electron chi connectivity index (χ4n) is 4.12. The summed E-state index contributed by atoms with van der Waals surface area (Å²) in [5, 5.41) is 0. The number of nitrogens with zero attached hydrogens (tertiary/aromatic N) is 1. The number of aromatic amines is 1. The molecule has 2 heterocycles. The van der Waals surface area contributed by atoms with Gasteiger partial charge in [0.2, 0.25) is 0 Å². The van der Waals surface area contributed by atoms with Crippen LogP contribution >= 0.6 is 12.2 Å². The predicted octanol–water partition coefficient (Wildman–Crippen LogP) is 3.85. The fourth-order valence-corrected chi connectivity index (χ4v) is 4.32. The lowest BCUT2D eigenvalue weighted by Gasteiger charge is -2.33. The summed E-state index contributed by atoms with van der Waals surface area (Å²) in [5.74, 6) is 0.336. The average Bonchev–Trinajstić information content (AvgIpc) is 3.19. The molecule has 6 heteroatoms. The number of carbonyl (C=O) groups is 2. The van der Waals surface area contributed by atoms with E-state index in [0.29, 0.717) is 28.2 Å². The van der Waals surface area contributed by atoms with Crippen molar-refractivity contribution < 1.29 is 14.0 Å². The SMILES string of the molecule is O=C1CCCC[C@H]1[C@H]1CCCN1C(=O)c1ccc2[nH]c(=S)oc2c1. The average molecular weight is 344 g/mol. The van der Waals surface area contributed by atoms with Crippen LogP contribution in [0.5, 0.6) is 0 Å². The Kier molecular flexibility index (Phi) is 4.00. The number of likely N-dealkylation sites (tertiary alicyclic amines) is 1. The minimum atomic E-state index is -0.0138. The largest absolute Gasteiger partial charge is 0.429 e. The maximum absolute atomic E-state index is 13.0. The van der Waals surface area contributed by atoms with Gasteiger partial charge >= 0.3 is 0 Å². The standard InChI is InChI=1S/C18H20N2O3S/c21-15-6-2-1-4-12(15)14-5-3-9-20(14)17(22)11-7-8-13-16(10-11)23-18(24)19-13/h7-8,10,12,14H,1-6,9H2,(H,19,24)/t12-,14+/m0/s1. The van der Waals surface area contributed by atoms with Crippen molar-refractivity contribution in [2.75, 3.05) is 6.54 Å². The molecule has 126 valence electrons. The van der Waals surface area contributed by atoms with Crippen molar-refractivity contribution in [2.45, 2.75) is 44.6 Å². The zero-order valence-electron chi connectivity index (χ0n) is 13.4. The van der Waals surface area contributed by atoms with E-state index in [0.717, 1.165) is 44.2 Å². The highest BCUT2D eigenvalue weighted by Crippen LogP contribution is 2.33. The van der Waals surface area contributed by atoms with Gasteiger partial charge in [0.25, 0.3) is 10.7 Å². The van der Waals surface area contributed by atoms with Crippen LogP contribution < -0.4 is 0 Å². The highest BCUT2D eigenvalue weighted by molar-refractivity contribution is 7.71. The molecule has 1 aromatic heterocycles. The van der Waals surface area contributed by atoms with Crippen LogP contribution in [0, 0.1) is 10.8 Å². The first kappa shape index (κ1) is 15.6. The van der Waals surface area contributed by atoms with Gasteiger partial charge < -0.3 is 14.3 Å². The number of fused-ring (bicyclic) bond motifs is 1. The van der Waals surface area contributed by atoms with Gasteiger partial charge in [-0.3, -0.25) is 9.59 Å². The third-order valence-electron chi connectivity index (χ3n) is 5.29. The summed E-state index contributed by atoms with van der Waals surface area (Å²) < 4.78 is 5.42. The molecule has 1 aliphatic heterocycles. The van der Waals surface area contributed by atoms with Crippen LogP contribution in [0.3, 0.4) is 0 Å². The number of amides is 1. The molecule has 0 radical (unpaired) electrons. The number of aromatic nitrogens is 1. The summed E-state index contributed by atoms with van der Waals surface area (Å²) in [6.45, 7) is 0.724. The van der Waals surface area contributed by atoms with E-state index in [9.17, 15) is 9.59 Å². The van der Waals surface area contributed by atoms with E-state index in [1.165, 1.54) is 0 Å². The van der Waals surface area contributed by atoms with Crippen molar-refractivity contribution in [3.63, 3.8) is 0 Å². The van der Waals surface area contributed by atoms with Gasteiger partial charge in [-0.25, -0.2) is 0 Å². The minimum Gasteiger partial charge on any atom is -0.429 e. The van der Waals surface area contributed by atoms with E-state index in [4.69, 9.17) is 16.6 Å². The van der Waals surface area contributed by atoms with Crippen LogP contribution in [0.25, 0.3) is 11.1 Å². The Bertz CT molecular complexity index is 853. The molecular weight excluding hydrogens is 324 g/mol. The fraction of sp³-hybridized carbons (Fsp3) is 0.500. The number of rotatable bonds is 2. The molecule has 2 fully saturated rings. The monoisotopic (exact) mass is 344 g/mol. The molecule has 1 saturated heterocycles. The van der Waals surface area contributed by atoms with Crippen LogP contribution in [-0.2, 0) is 4.79 Å². The molecule has 1 aliphatic carbocycles. The lowest BCUT2D eigenvalue weighted by atomic mass is 9.81. The van der Waals surface area contributed by atoms with Gasteiger partial charge in [-0.2, -0.15) is 0 Å². The predicted molar refractivity (Wildman–Crippen MR) is 92.4 cm³/mol. The summed E-state index contributed by atoms with van der Waals surface area (Å²) in [5.41, 5.74) is 1.97. The topological polar surface area (TPSA) is 66.3 Å². The molecule has 0 spiro atoms. The van der Waals surface area contributed by atoms with Crippen molar-refractivity contribution in [3.05, 3.63) is 28.6 Å². The van der Waals surface area contributed by atoms with E-state index >= 15 is 0 Å². The molecule has 0 unspecified atom stereocenters. The quantitative estimate of drug-likeness (QED) is 0.840. The molecule has 2 aromatic rings. The number of benzene rings is 1. The molecular formula is C18H20N2O3S. The van der Waals surface area contributed by atoms with Crippen molar-refractivity contribution in [3.8, 4) is 0 Å². The molecule has 1 N–H and O–H groups in total. The summed E-state index contributed by atoms with van der Waals surface area (Å²) in [6, 6.07) is 5.41. The Hall–Kier alpha value is -1.95. The van der Waals surface area contributed by atoms with Gasteiger partial charge in [0.1, 0.15) is 5.78 Å². The Labute approximate surface area is 145 Å². The minimum absolute atomic E-state index is 0.0138. The lowest BCUT2D eigenvalue weighted by Crippen LogP contribution is -2.43. The zero-order valence-corrected chi connectivity index (χ0v) is 14.2. The van der Waals surface area contributed by atoms with Gasteiger partial charge in [0, 0.05) is 30.5 Å². The van der Waals surface area contributed by atoms with E-state index < -0.39 is 0 Å². The number of H-pyrrole nitrogens is 1. The zero-order chi connectivity index (χ0) is 16.7. The molecule has 1 amide bonds. The molecule has 4 rings (SSSR count). The third kappa shape index (κ3) is 2.69. The molecule has 2 aliphatic rings. The molecule has 5 nitrogen and oxygen atoms in total. The maximum Gasteiger partial charge on any atom is 0.266 e. The normalized spacial score (nSPS) is 24.7. The second-order valence-electron chi connectivity index (χ2n) is 6.75. The molecule has 24 heavy (non-hydrogen) atoms. The van der Waals surface area contributed by atoms with Gasteiger partial charge in [-0.1, -0.05) is 6.42 Å². The second kappa shape index (κ2) is 6.16. The van der Waals surface area contributed by atoms with Crippen molar-refractivity contribution >= 4 is 35.0 Å². The molecule has 1 aromatic carbocycles. The van der Waals surface area contributed by atoms with Gasteiger partial charge in [0.05, 0.1) is 5.52 Å².